The van der Waals surface area contributed by atoms with Gasteiger partial charge in [0.15, 0.2) is 0 Å². The molecule has 2 rings (SSSR count). The Bertz CT molecular complexity index is 533. The van der Waals surface area contributed by atoms with Crippen LogP contribution in [0.25, 0.3) is 0 Å². The fourth-order valence-corrected chi connectivity index (χ4v) is 2.64. The van der Waals surface area contributed by atoms with Crippen LogP contribution in [0.15, 0.2) is 53.0 Å². The van der Waals surface area contributed by atoms with E-state index in [1.807, 2.05) is 48.5 Å². The summed E-state index contributed by atoms with van der Waals surface area (Å²) in [5.41, 5.74) is 1.95. The summed E-state index contributed by atoms with van der Waals surface area (Å²) in [6.45, 7) is 0.496. The van der Waals surface area contributed by atoms with Gasteiger partial charge in [-0.05, 0) is 52.4 Å². The van der Waals surface area contributed by atoms with Crippen LogP contribution in [0.5, 0.6) is 0 Å². The summed E-state index contributed by atoms with van der Waals surface area (Å²) in [7, 11) is 0. The second-order valence-electron chi connectivity index (χ2n) is 3.93. The molecule has 0 spiro atoms. The molecule has 0 amide bonds. The summed E-state index contributed by atoms with van der Waals surface area (Å²) in [4.78, 5) is 0. The molecule has 0 saturated heterocycles. The zero-order valence-electron chi connectivity index (χ0n) is 9.61. The van der Waals surface area contributed by atoms with E-state index in [0.717, 1.165) is 19.3 Å². The molecular weight excluding hydrogens is 405 g/mol. The van der Waals surface area contributed by atoms with Gasteiger partial charge in [-0.3, -0.25) is 0 Å². The molecule has 94 valence electrons. The lowest BCUT2D eigenvalue weighted by Crippen LogP contribution is -2.12. The van der Waals surface area contributed by atoms with E-state index in [9.17, 15) is 5.11 Å². The molecule has 4 heteroatoms. The molecule has 1 unspecified atom stereocenters. The lowest BCUT2D eigenvalue weighted by molar-refractivity contribution is 0.191. The number of hydrogen-bond acceptors (Lipinski definition) is 2. The van der Waals surface area contributed by atoms with Crippen molar-refractivity contribution >= 4 is 44.2 Å². The van der Waals surface area contributed by atoms with Gasteiger partial charge in [-0.2, -0.15) is 0 Å². The molecule has 0 aliphatic carbocycles. The van der Waals surface area contributed by atoms with E-state index in [2.05, 4.69) is 43.8 Å². The van der Waals surface area contributed by atoms with Gasteiger partial charge in [0.05, 0.1) is 6.10 Å². The summed E-state index contributed by atoms with van der Waals surface area (Å²) >= 11 is 5.68. The van der Waals surface area contributed by atoms with Crippen molar-refractivity contribution in [2.45, 2.75) is 6.10 Å². The zero-order chi connectivity index (χ0) is 13.0. The minimum absolute atomic E-state index is 0.496. The number of hydrogen-bond donors (Lipinski definition) is 2. The highest BCUT2D eigenvalue weighted by molar-refractivity contribution is 14.1. The molecule has 1 atom stereocenters. The van der Waals surface area contributed by atoms with Crippen molar-refractivity contribution < 1.29 is 5.11 Å². The summed E-state index contributed by atoms with van der Waals surface area (Å²) in [5.74, 6) is 0. The van der Waals surface area contributed by atoms with Gasteiger partial charge < -0.3 is 10.4 Å². The fraction of sp³-hybridized carbons (Fsp3) is 0.143. The summed E-state index contributed by atoms with van der Waals surface area (Å²) in [6.07, 6.45) is -0.515. The van der Waals surface area contributed by atoms with Crippen molar-refractivity contribution in [1.82, 2.24) is 0 Å². The molecule has 0 aromatic heterocycles. The normalized spacial score (nSPS) is 12.2. The Morgan fingerprint density at radius 1 is 1.17 bits per heavy atom. The van der Waals surface area contributed by atoms with Crippen LogP contribution >= 0.6 is 38.5 Å². The molecule has 2 nitrogen and oxygen atoms in total. The highest BCUT2D eigenvalue weighted by atomic mass is 127. The Hall–Kier alpha value is -0.590. The molecule has 0 fully saturated rings. The van der Waals surface area contributed by atoms with Crippen LogP contribution in [0.4, 0.5) is 5.69 Å². The quantitative estimate of drug-likeness (QED) is 0.730. The van der Waals surface area contributed by atoms with Gasteiger partial charge >= 0.3 is 0 Å². The van der Waals surface area contributed by atoms with Gasteiger partial charge in [-0.1, -0.05) is 40.2 Å². The molecule has 2 aromatic rings. The van der Waals surface area contributed by atoms with E-state index in [1.54, 1.807) is 0 Å². The van der Waals surface area contributed by atoms with Crippen LogP contribution in [0, 0.1) is 3.57 Å². The second-order valence-corrected chi connectivity index (χ2v) is 6.01. The predicted octanol–water partition coefficient (Wildman–Crippen LogP) is 4.20. The lowest BCUT2D eigenvalue weighted by atomic mass is 10.1. The molecular formula is C14H13BrINO. The van der Waals surface area contributed by atoms with Crippen molar-refractivity contribution in [2.24, 2.45) is 0 Å². The van der Waals surface area contributed by atoms with E-state index >= 15 is 0 Å². The number of nitrogens with one attached hydrogen (secondary N) is 1. The van der Waals surface area contributed by atoms with Crippen LogP contribution in [0.2, 0.25) is 0 Å². The Balaban J connectivity index is 2.00. The van der Waals surface area contributed by atoms with Crippen LogP contribution in [0.1, 0.15) is 11.7 Å². The van der Waals surface area contributed by atoms with E-state index in [1.165, 1.54) is 0 Å². The number of aliphatic hydroxyl groups is 1. The summed E-state index contributed by atoms with van der Waals surface area (Å²) in [6, 6.07) is 15.8. The van der Waals surface area contributed by atoms with Crippen LogP contribution in [-0.2, 0) is 0 Å². The Morgan fingerprint density at radius 3 is 2.67 bits per heavy atom. The molecule has 0 saturated carbocycles. The maximum atomic E-state index is 10.1. The smallest absolute Gasteiger partial charge is 0.0962 e. The van der Waals surface area contributed by atoms with E-state index < -0.39 is 6.10 Å². The maximum absolute atomic E-state index is 10.1. The molecule has 2 aromatic carbocycles. The first-order chi connectivity index (χ1) is 8.66. The van der Waals surface area contributed by atoms with Crippen LogP contribution < -0.4 is 5.32 Å². The molecule has 0 aliphatic rings. The van der Waals surface area contributed by atoms with Gasteiger partial charge in [0.25, 0.3) is 0 Å². The van der Waals surface area contributed by atoms with Crippen LogP contribution in [0.3, 0.4) is 0 Å². The van der Waals surface area contributed by atoms with Gasteiger partial charge in [0, 0.05) is 20.3 Å². The minimum Gasteiger partial charge on any atom is -0.387 e. The van der Waals surface area contributed by atoms with Crippen molar-refractivity contribution in [3.63, 3.8) is 0 Å². The van der Waals surface area contributed by atoms with Crippen molar-refractivity contribution in [3.8, 4) is 0 Å². The highest BCUT2D eigenvalue weighted by Crippen LogP contribution is 2.21. The predicted molar refractivity (Wildman–Crippen MR) is 86.8 cm³/mol. The van der Waals surface area contributed by atoms with E-state index in [0.29, 0.717) is 6.54 Å². The minimum atomic E-state index is -0.515. The standard InChI is InChI=1S/C14H13BrINO/c15-11-5-3-4-10(8-11)14(18)9-17-13-7-2-1-6-12(13)16/h1-8,14,17-18H,9H2. The second kappa shape index (κ2) is 6.54. The third-order valence-corrected chi connectivity index (χ3v) is 4.03. The van der Waals surface area contributed by atoms with E-state index in [4.69, 9.17) is 0 Å². The SMILES string of the molecule is OC(CNc1ccccc1I)c1cccc(Br)c1. The van der Waals surface area contributed by atoms with E-state index in [-0.39, 0.29) is 0 Å². The average molecular weight is 418 g/mol. The maximum Gasteiger partial charge on any atom is 0.0962 e. The Labute approximate surface area is 129 Å². The number of aliphatic hydroxyl groups excluding tert-OH is 1. The van der Waals surface area contributed by atoms with Crippen LogP contribution in [-0.4, -0.2) is 11.7 Å². The zero-order valence-corrected chi connectivity index (χ0v) is 13.3. The molecule has 18 heavy (non-hydrogen) atoms. The first-order valence-electron chi connectivity index (χ1n) is 5.59. The third-order valence-electron chi connectivity index (χ3n) is 2.59. The van der Waals surface area contributed by atoms with Gasteiger partial charge in [0.1, 0.15) is 0 Å². The van der Waals surface area contributed by atoms with Gasteiger partial charge in [-0.15, -0.1) is 0 Å². The number of halogens is 2. The number of anilines is 1. The lowest BCUT2D eigenvalue weighted by Gasteiger charge is -2.14. The summed E-state index contributed by atoms with van der Waals surface area (Å²) in [5, 5.41) is 13.4. The Kier molecular flexibility index (Phi) is 5.03. The number of benzene rings is 2. The molecule has 0 aliphatic heterocycles. The van der Waals surface area contributed by atoms with Gasteiger partial charge in [0.2, 0.25) is 0 Å². The molecule has 0 bridgehead atoms. The topological polar surface area (TPSA) is 32.3 Å². The van der Waals surface area contributed by atoms with Crippen molar-refractivity contribution in [3.05, 3.63) is 62.1 Å². The van der Waals surface area contributed by atoms with Gasteiger partial charge in [-0.25, -0.2) is 0 Å². The number of rotatable bonds is 4. The first kappa shape index (κ1) is 13.8. The average Bonchev–Trinajstić information content (AvgIpc) is 2.37. The molecule has 0 radical (unpaired) electrons. The molecule has 2 N–H and O–H groups in total. The summed E-state index contributed by atoms with van der Waals surface area (Å²) < 4.78 is 2.13. The first-order valence-corrected chi connectivity index (χ1v) is 7.46. The highest BCUT2D eigenvalue weighted by Gasteiger charge is 2.08. The van der Waals surface area contributed by atoms with Crippen molar-refractivity contribution in [1.29, 1.82) is 0 Å². The number of para-hydroxylation sites is 1. The fourth-order valence-electron chi connectivity index (χ4n) is 1.64. The van der Waals surface area contributed by atoms with Crippen molar-refractivity contribution in [2.75, 3.05) is 11.9 Å². The molecule has 0 heterocycles. The monoisotopic (exact) mass is 417 g/mol. The largest absolute Gasteiger partial charge is 0.387 e. The third kappa shape index (κ3) is 3.70. The Morgan fingerprint density at radius 2 is 1.94 bits per heavy atom.